The SMILES string of the molecule is CCc1nn(C)cc1C(=O)N1CCC(C#N)CC1. The molecule has 0 aliphatic carbocycles. The van der Waals surface area contributed by atoms with Crippen molar-refractivity contribution in [3.8, 4) is 6.07 Å². The average Bonchev–Trinajstić information content (AvgIpc) is 2.79. The second-order valence-corrected chi connectivity index (χ2v) is 4.71. The van der Waals surface area contributed by atoms with E-state index in [-0.39, 0.29) is 11.8 Å². The van der Waals surface area contributed by atoms with Crippen LogP contribution < -0.4 is 0 Å². The number of likely N-dealkylation sites (tertiary alicyclic amines) is 1. The molecular weight excluding hydrogens is 228 g/mol. The predicted molar refractivity (Wildman–Crippen MR) is 66.8 cm³/mol. The molecule has 1 aromatic rings. The summed E-state index contributed by atoms with van der Waals surface area (Å²) in [6.45, 7) is 3.35. The maximum atomic E-state index is 12.4. The van der Waals surface area contributed by atoms with E-state index in [9.17, 15) is 4.79 Å². The first-order valence-corrected chi connectivity index (χ1v) is 6.37. The molecule has 18 heavy (non-hydrogen) atoms. The largest absolute Gasteiger partial charge is 0.338 e. The first kappa shape index (κ1) is 12.6. The van der Waals surface area contributed by atoms with Gasteiger partial charge in [-0.1, -0.05) is 6.92 Å². The standard InChI is InChI=1S/C13H18N4O/c1-3-12-11(9-16(2)15-12)13(18)17-6-4-10(8-14)5-7-17/h9-10H,3-7H2,1-2H3. The van der Waals surface area contributed by atoms with Gasteiger partial charge in [-0.15, -0.1) is 0 Å². The number of carbonyl (C=O) groups excluding carboxylic acids is 1. The highest BCUT2D eigenvalue weighted by molar-refractivity contribution is 5.95. The lowest BCUT2D eigenvalue weighted by Crippen LogP contribution is -2.38. The van der Waals surface area contributed by atoms with Gasteiger partial charge in [-0.25, -0.2) is 0 Å². The topological polar surface area (TPSA) is 61.9 Å². The van der Waals surface area contributed by atoms with E-state index in [0.717, 1.165) is 25.0 Å². The smallest absolute Gasteiger partial charge is 0.257 e. The molecule has 2 heterocycles. The fourth-order valence-electron chi connectivity index (χ4n) is 2.36. The van der Waals surface area contributed by atoms with Crippen molar-refractivity contribution in [3.05, 3.63) is 17.5 Å². The zero-order valence-electron chi connectivity index (χ0n) is 10.9. The van der Waals surface area contributed by atoms with Crippen LogP contribution in [0.2, 0.25) is 0 Å². The van der Waals surface area contributed by atoms with Crippen LogP contribution in [0.25, 0.3) is 0 Å². The molecule has 5 nitrogen and oxygen atoms in total. The average molecular weight is 246 g/mol. The van der Waals surface area contributed by atoms with Crippen LogP contribution in [0.3, 0.4) is 0 Å². The number of hydrogen-bond acceptors (Lipinski definition) is 3. The summed E-state index contributed by atoms with van der Waals surface area (Å²) in [5.74, 6) is 0.157. The van der Waals surface area contributed by atoms with Crippen LogP contribution >= 0.6 is 0 Å². The Kier molecular flexibility index (Phi) is 3.66. The van der Waals surface area contributed by atoms with Crippen LogP contribution in [0.5, 0.6) is 0 Å². The summed E-state index contributed by atoms with van der Waals surface area (Å²) in [5, 5.41) is 13.1. The van der Waals surface area contributed by atoms with Crippen molar-refractivity contribution >= 4 is 5.91 Å². The number of aryl methyl sites for hydroxylation is 2. The lowest BCUT2D eigenvalue weighted by atomic mass is 9.98. The van der Waals surface area contributed by atoms with E-state index < -0.39 is 0 Å². The zero-order valence-corrected chi connectivity index (χ0v) is 10.9. The van der Waals surface area contributed by atoms with Crippen LogP contribution in [-0.4, -0.2) is 33.7 Å². The molecular formula is C13H18N4O. The molecule has 0 unspecified atom stereocenters. The highest BCUT2D eigenvalue weighted by Crippen LogP contribution is 2.19. The second kappa shape index (κ2) is 5.21. The molecule has 1 fully saturated rings. The van der Waals surface area contributed by atoms with E-state index in [0.29, 0.717) is 18.7 Å². The predicted octanol–water partition coefficient (Wildman–Crippen LogP) is 1.36. The van der Waals surface area contributed by atoms with E-state index in [1.807, 2.05) is 18.9 Å². The molecule has 1 amide bonds. The first-order valence-electron chi connectivity index (χ1n) is 6.37. The van der Waals surface area contributed by atoms with Gasteiger partial charge in [0.2, 0.25) is 0 Å². The summed E-state index contributed by atoms with van der Waals surface area (Å²) < 4.78 is 1.69. The van der Waals surface area contributed by atoms with Crippen molar-refractivity contribution in [3.63, 3.8) is 0 Å². The van der Waals surface area contributed by atoms with E-state index in [1.165, 1.54) is 0 Å². The Morgan fingerprint density at radius 3 is 2.78 bits per heavy atom. The molecule has 0 radical (unpaired) electrons. The molecule has 0 bridgehead atoms. The lowest BCUT2D eigenvalue weighted by molar-refractivity contribution is 0.0706. The summed E-state index contributed by atoms with van der Waals surface area (Å²) in [5.41, 5.74) is 1.56. The number of nitriles is 1. The molecule has 1 saturated heterocycles. The maximum absolute atomic E-state index is 12.4. The summed E-state index contributed by atoms with van der Waals surface area (Å²) in [6, 6.07) is 2.28. The monoisotopic (exact) mass is 246 g/mol. The van der Waals surface area contributed by atoms with Crippen molar-refractivity contribution in [2.24, 2.45) is 13.0 Å². The molecule has 0 N–H and O–H groups in total. The molecule has 1 aliphatic rings. The Morgan fingerprint density at radius 2 is 2.22 bits per heavy atom. The van der Waals surface area contributed by atoms with Gasteiger partial charge in [-0.05, 0) is 19.3 Å². The molecule has 0 aromatic carbocycles. The third-order valence-corrected chi connectivity index (χ3v) is 3.44. The van der Waals surface area contributed by atoms with Gasteiger partial charge in [-0.3, -0.25) is 9.48 Å². The molecule has 1 aliphatic heterocycles. The summed E-state index contributed by atoms with van der Waals surface area (Å²) in [7, 11) is 1.83. The molecule has 96 valence electrons. The Bertz CT molecular complexity index is 478. The number of rotatable bonds is 2. The van der Waals surface area contributed by atoms with Gasteiger partial charge in [0.25, 0.3) is 5.91 Å². The molecule has 1 aromatic heterocycles. The van der Waals surface area contributed by atoms with Gasteiger partial charge in [-0.2, -0.15) is 10.4 Å². The number of amides is 1. The number of aromatic nitrogens is 2. The minimum absolute atomic E-state index is 0.0522. The quantitative estimate of drug-likeness (QED) is 0.791. The van der Waals surface area contributed by atoms with Crippen molar-refractivity contribution < 1.29 is 4.79 Å². The van der Waals surface area contributed by atoms with Crippen molar-refractivity contribution in [2.45, 2.75) is 26.2 Å². The Labute approximate surface area is 107 Å². The Morgan fingerprint density at radius 1 is 1.56 bits per heavy atom. The van der Waals surface area contributed by atoms with Gasteiger partial charge < -0.3 is 4.90 Å². The van der Waals surface area contributed by atoms with Gasteiger partial charge >= 0.3 is 0 Å². The minimum Gasteiger partial charge on any atom is -0.338 e. The van der Waals surface area contributed by atoms with E-state index in [4.69, 9.17) is 5.26 Å². The van der Waals surface area contributed by atoms with Crippen LogP contribution in [0.1, 0.15) is 35.8 Å². The van der Waals surface area contributed by atoms with Gasteiger partial charge in [0, 0.05) is 32.3 Å². The van der Waals surface area contributed by atoms with Crippen molar-refractivity contribution in [1.82, 2.24) is 14.7 Å². The Balaban J connectivity index is 2.10. The van der Waals surface area contributed by atoms with Crippen LogP contribution in [-0.2, 0) is 13.5 Å². The molecule has 0 spiro atoms. The van der Waals surface area contributed by atoms with Crippen molar-refractivity contribution in [2.75, 3.05) is 13.1 Å². The lowest BCUT2D eigenvalue weighted by Gasteiger charge is -2.29. The van der Waals surface area contributed by atoms with E-state index in [2.05, 4.69) is 11.2 Å². The summed E-state index contributed by atoms with van der Waals surface area (Å²) >= 11 is 0. The third-order valence-electron chi connectivity index (χ3n) is 3.44. The highest BCUT2D eigenvalue weighted by atomic mass is 16.2. The number of nitrogens with zero attached hydrogens (tertiary/aromatic N) is 4. The van der Waals surface area contributed by atoms with Crippen molar-refractivity contribution in [1.29, 1.82) is 5.26 Å². The molecule has 0 saturated carbocycles. The van der Waals surface area contributed by atoms with E-state index in [1.54, 1.807) is 10.9 Å². The first-order chi connectivity index (χ1) is 8.65. The summed E-state index contributed by atoms with van der Waals surface area (Å²) in [4.78, 5) is 14.2. The fraction of sp³-hybridized carbons (Fsp3) is 0.615. The van der Waals surface area contributed by atoms with Crippen LogP contribution in [0.15, 0.2) is 6.20 Å². The number of carbonyl (C=O) groups is 1. The Hall–Kier alpha value is -1.83. The molecule has 0 atom stereocenters. The van der Waals surface area contributed by atoms with Gasteiger partial charge in [0.1, 0.15) is 0 Å². The zero-order chi connectivity index (χ0) is 13.1. The van der Waals surface area contributed by atoms with Crippen LogP contribution in [0, 0.1) is 17.2 Å². The summed E-state index contributed by atoms with van der Waals surface area (Å²) in [6.07, 6.45) is 4.11. The van der Waals surface area contributed by atoms with Crippen LogP contribution in [0.4, 0.5) is 0 Å². The number of piperidine rings is 1. The highest BCUT2D eigenvalue weighted by Gasteiger charge is 2.25. The third kappa shape index (κ3) is 2.37. The number of hydrogen-bond donors (Lipinski definition) is 0. The van der Waals surface area contributed by atoms with E-state index >= 15 is 0 Å². The minimum atomic E-state index is 0.0522. The maximum Gasteiger partial charge on any atom is 0.257 e. The normalized spacial score (nSPS) is 16.6. The molecule has 2 rings (SSSR count). The fourth-order valence-corrected chi connectivity index (χ4v) is 2.36. The van der Waals surface area contributed by atoms with Gasteiger partial charge in [0.15, 0.2) is 0 Å². The van der Waals surface area contributed by atoms with Gasteiger partial charge in [0.05, 0.1) is 17.3 Å². The second-order valence-electron chi connectivity index (χ2n) is 4.71. The molecule has 5 heteroatoms.